The van der Waals surface area contributed by atoms with Crippen LogP contribution in [0.3, 0.4) is 0 Å². The summed E-state index contributed by atoms with van der Waals surface area (Å²) in [5, 5.41) is 0. The topological polar surface area (TPSA) is 29.3 Å². The molecule has 1 aliphatic heterocycles. The van der Waals surface area contributed by atoms with Gasteiger partial charge in [0.15, 0.2) is 0 Å². The number of oxazole rings is 1. The van der Waals surface area contributed by atoms with E-state index in [1.165, 1.54) is 36.1 Å². The summed E-state index contributed by atoms with van der Waals surface area (Å²) < 4.78 is 18.7. The first kappa shape index (κ1) is 16.0. The standard InChI is InChI=1S/C21H21FN2O/c1-15-5-2-3-6-19(15)20-7-4-12-24(20)13-18-14-25-21(23-18)16-8-10-17(22)11-9-16/h2-3,5-6,8-11,14,20H,4,7,12-13H2,1H3/t20-/m1/s1. The van der Waals surface area contributed by atoms with E-state index in [9.17, 15) is 4.39 Å². The molecule has 0 N–H and O–H groups in total. The molecule has 0 bridgehead atoms. The number of likely N-dealkylation sites (tertiary alicyclic amines) is 1. The van der Waals surface area contributed by atoms with Crippen molar-refractivity contribution in [2.45, 2.75) is 32.4 Å². The molecule has 4 heteroatoms. The smallest absolute Gasteiger partial charge is 0.226 e. The van der Waals surface area contributed by atoms with E-state index in [2.05, 4.69) is 41.1 Å². The molecule has 1 fully saturated rings. The highest BCUT2D eigenvalue weighted by Crippen LogP contribution is 2.34. The monoisotopic (exact) mass is 336 g/mol. The van der Waals surface area contributed by atoms with Crippen LogP contribution in [0.1, 0.15) is 35.7 Å². The summed E-state index contributed by atoms with van der Waals surface area (Å²) in [4.78, 5) is 7.06. The summed E-state index contributed by atoms with van der Waals surface area (Å²) in [5.74, 6) is 0.287. The van der Waals surface area contributed by atoms with Gasteiger partial charge in [-0.05, 0) is 61.7 Å². The molecule has 0 amide bonds. The Balaban J connectivity index is 1.52. The largest absolute Gasteiger partial charge is 0.444 e. The lowest BCUT2D eigenvalue weighted by molar-refractivity contribution is 0.245. The number of rotatable bonds is 4. The Morgan fingerprint density at radius 2 is 1.96 bits per heavy atom. The van der Waals surface area contributed by atoms with E-state index in [4.69, 9.17) is 4.42 Å². The number of nitrogens with zero attached hydrogens (tertiary/aromatic N) is 2. The van der Waals surface area contributed by atoms with E-state index in [1.54, 1.807) is 18.4 Å². The van der Waals surface area contributed by atoms with E-state index in [0.29, 0.717) is 11.9 Å². The predicted molar refractivity (Wildman–Crippen MR) is 95.5 cm³/mol. The predicted octanol–water partition coefficient (Wildman–Crippen LogP) is 5.13. The molecule has 0 radical (unpaired) electrons. The lowest BCUT2D eigenvalue weighted by Crippen LogP contribution is -2.23. The first-order valence-electron chi connectivity index (χ1n) is 8.70. The van der Waals surface area contributed by atoms with Crippen molar-refractivity contribution in [2.75, 3.05) is 6.54 Å². The first-order chi connectivity index (χ1) is 12.2. The van der Waals surface area contributed by atoms with Gasteiger partial charge in [0.05, 0.1) is 5.69 Å². The molecule has 25 heavy (non-hydrogen) atoms. The van der Waals surface area contributed by atoms with Crippen molar-refractivity contribution in [3.8, 4) is 11.5 Å². The van der Waals surface area contributed by atoms with E-state index >= 15 is 0 Å². The van der Waals surface area contributed by atoms with Crippen molar-refractivity contribution < 1.29 is 8.81 Å². The van der Waals surface area contributed by atoms with Crippen LogP contribution >= 0.6 is 0 Å². The van der Waals surface area contributed by atoms with Gasteiger partial charge < -0.3 is 4.42 Å². The third-order valence-electron chi connectivity index (χ3n) is 4.92. The zero-order valence-corrected chi connectivity index (χ0v) is 14.3. The van der Waals surface area contributed by atoms with Crippen molar-refractivity contribution in [1.29, 1.82) is 0 Å². The minimum Gasteiger partial charge on any atom is -0.444 e. The highest BCUT2D eigenvalue weighted by atomic mass is 19.1. The molecule has 0 saturated carbocycles. The Morgan fingerprint density at radius 3 is 2.76 bits per heavy atom. The Hall–Kier alpha value is -2.46. The van der Waals surface area contributed by atoms with Crippen LogP contribution in [0.15, 0.2) is 59.2 Å². The third kappa shape index (κ3) is 3.35. The van der Waals surface area contributed by atoms with Crippen molar-refractivity contribution in [3.05, 3.63) is 77.4 Å². The van der Waals surface area contributed by atoms with Gasteiger partial charge in [0.25, 0.3) is 0 Å². The van der Waals surface area contributed by atoms with Gasteiger partial charge >= 0.3 is 0 Å². The zero-order chi connectivity index (χ0) is 17.2. The molecule has 1 atom stereocenters. The molecule has 2 heterocycles. The fraction of sp³-hybridized carbons (Fsp3) is 0.286. The van der Waals surface area contributed by atoms with Crippen LogP contribution < -0.4 is 0 Å². The summed E-state index contributed by atoms with van der Waals surface area (Å²) in [7, 11) is 0. The number of hydrogen-bond acceptors (Lipinski definition) is 3. The van der Waals surface area contributed by atoms with E-state index in [0.717, 1.165) is 24.3 Å². The highest BCUT2D eigenvalue weighted by Gasteiger charge is 2.27. The van der Waals surface area contributed by atoms with Gasteiger partial charge in [0.2, 0.25) is 5.89 Å². The molecule has 4 rings (SSSR count). The molecule has 128 valence electrons. The number of aromatic nitrogens is 1. The zero-order valence-electron chi connectivity index (χ0n) is 14.3. The molecule has 3 aromatic rings. The molecule has 1 aliphatic rings. The maximum absolute atomic E-state index is 13.1. The van der Waals surface area contributed by atoms with Crippen molar-refractivity contribution >= 4 is 0 Å². The van der Waals surface area contributed by atoms with Crippen LogP contribution in [0.4, 0.5) is 4.39 Å². The minimum atomic E-state index is -0.256. The molecular weight excluding hydrogens is 315 g/mol. The van der Waals surface area contributed by atoms with Crippen LogP contribution in [-0.2, 0) is 6.54 Å². The maximum atomic E-state index is 13.1. The fourth-order valence-electron chi connectivity index (χ4n) is 3.64. The highest BCUT2D eigenvalue weighted by molar-refractivity contribution is 5.52. The second-order valence-electron chi connectivity index (χ2n) is 6.64. The molecule has 1 aromatic heterocycles. The summed E-state index contributed by atoms with van der Waals surface area (Å²) >= 11 is 0. The van der Waals surface area contributed by atoms with Crippen LogP contribution in [-0.4, -0.2) is 16.4 Å². The average Bonchev–Trinajstić information content (AvgIpc) is 3.26. The molecule has 0 unspecified atom stereocenters. The van der Waals surface area contributed by atoms with Crippen molar-refractivity contribution in [3.63, 3.8) is 0 Å². The quantitative estimate of drug-likeness (QED) is 0.662. The van der Waals surface area contributed by atoms with E-state index < -0.39 is 0 Å². The fourth-order valence-corrected chi connectivity index (χ4v) is 3.64. The number of aryl methyl sites for hydroxylation is 1. The maximum Gasteiger partial charge on any atom is 0.226 e. The molecule has 3 nitrogen and oxygen atoms in total. The Morgan fingerprint density at radius 1 is 1.16 bits per heavy atom. The van der Waals surface area contributed by atoms with Crippen molar-refractivity contribution in [2.24, 2.45) is 0 Å². The summed E-state index contributed by atoms with van der Waals surface area (Å²) in [6, 6.07) is 15.3. The second-order valence-corrected chi connectivity index (χ2v) is 6.64. The van der Waals surface area contributed by atoms with Gasteiger partial charge in [0, 0.05) is 18.2 Å². The molecule has 0 spiro atoms. The van der Waals surface area contributed by atoms with Crippen LogP contribution in [0, 0.1) is 12.7 Å². The number of hydrogen-bond donors (Lipinski definition) is 0. The Labute approximate surface area is 147 Å². The summed E-state index contributed by atoms with van der Waals surface area (Å²) in [6.45, 7) is 4.01. The Kier molecular flexibility index (Phi) is 4.36. The summed E-state index contributed by atoms with van der Waals surface area (Å²) in [6.07, 6.45) is 4.08. The van der Waals surface area contributed by atoms with E-state index in [-0.39, 0.29) is 5.82 Å². The first-order valence-corrected chi connectivity index (χ1v) is 8.70. The number of benzene rings is 2. The van der Waals surface area contributed by atoms with E-state index in [1.807, 2.05) is 0 Å². The lowest BCUT2D eigenvalue weighted by atomic mass is 9.99. The van der Waals surface area contributed by atoms with Gasteiger partial charge in [-0.25, -0.2) is 9.37 Å². The van der Waals surface area contributed by atoms with Gasteiger partial charge in [0.1, 0.15) is 12.1 Å². The second kappa shape index (κ2) is 6.81. The lowest BCUT2D eigenvalue weighted by Gasteiger charge is -2.25. The van der Waals surface area contributed by atoms with Crippen LogP contribution in [0.2, 0.25) is 0 Å². The summed E-state index contributed by atoms with van der Waals surface area (Å²) in [5.41, 5.74) is 4.46. The SMILES string of the molecule is Cc1ccccc1[C@H]1CCCN1Cc1coc(-c2ccc(F)cc2)n1. The van der Waals surface area contributed by atoms with Crippen LogP contribution in [0.25, 0.3) is 11.5 Å². The van der Waals surface area contributed by atoms with Gasteiger partial charge in [-0.1, -0.05) is 24.3 Å². The molecular formula is C21H21FN2O. The average molecular weight is 336 g/mol. The third-order valence-corrected chi connectivity index (χ3v) is 4.92. The molecule has 0 aliphatic carbocycles. The molecule has 1 saturated heterocycles. The Bertz CT molecular complexity index is 856. The van der Waals surface area contributed by atoms with Crippen molar-refractivity contribution in [1.82, 2.24) is 9.88 Å². The van der Waals surface area contributed by atoms with Gasteiger partial charge in [-0.3, -0.25) is 4.90 Å². The molecule has 2 aromatic carbocycles. The van der Waals surface area contributed by atoms with Gasteiger partial charge in [-0.2, -0.15) is 0 Å². The normalized spacial score (nSPS) is 17.9. The minimum absolute atomic E-state index is 0.256. The van der Waals surface area contributed by atoms with Gasteiger partial charge in [-0.15, -0.1) is 0 Å². The van der Waals surface area contributed by atoms with Crippen LogP contribution in [0.5, 0.6) is 0 Å². The number of halogens is 1.